The van der Waals surface area contributed by atoms with Crippen LogP contribution in [0.1, 0.15) is 67.2 Å². The van der Waals surface area contributed by atoms with E-state index < -0.39 is 34.2 Å². The third-order valence-corrected chi connectivity index (χ3v) is 7.49. The van der Waals surface area contributed by atoms with E-state index in [1.54, 1.807) is 6.08 Å². The van der Waals surface area contributed by atoms with Gasteiger partial charge in [0.25, 0.3) is 0 Å². The van der Waals surface area contributed by atoms with E-state index in [1.165, 1.54) is 6.92 Å². The molecule has 0 aromatic carbocycles. The van der Waals surface area contributed by atoms with Gasteiger partial charge < -0.3 is 10.1 Å². The van der Waals surface area contributed by atoms with Gasteiger partial charge in [0.05, 0.1) is 19.1 Å². The van der Waals surface area contributed by atoms with E-state index in [1.807, 2.05) is 47.1 Å². The monoisotopic (exact) mass is 550 g/mol. The molecule has 6 nitrogen and oxygen atoms in total. The fraction of sp³-hybridized carbons (Fsp3) is 0.500. The summed E-state index contributed by atoms with van der Waals surface area (Å²) in [5.74, 6) is -2.77. The first kappa shape index (κ1) is 34.9. The second-order valence-electron chi connectivity index (χ2n) is 11.6. The van der Waals surface area contributed by atoms with Crippen molar-refractivity contribution in [2.75, 3.05) is 19.8 Å². The Hall–Kier alpha value is -3.12. The number of allylic oxidation sites excluding steroid dienone is 5. The second kappa shape index (κ2) is 15.0. The summed E-state index contributed by atoms with van der Waals surface area (Å²) >= 11 is 0. The van der Waals surface area contributed by atoms with E-state index in [2.05, 4.69) is 38.2 Å². The number of rotatable bonds is 21. The van der Waals surface area contributed by atoms with Crippen LogP contribution in [0, 0.1) is 29.1 Å². The highest BCUT2D eigenvalue weighted by molar-refractivity contribution is 6.37. The normalized spacial score (nSPS) is 15.8. The lowest BCUT2D eigenvalue weighted by atomic mass is 9.73. The van der Waals surface area contributed by atoms with E-state index in [0.717, 1.165) is 17.6 Å². The Labute approximate surface area is 241 Å². The largest absolute Gasteiger partial charge is 0.379 e. The molecule has 1 aliphatic carbocycles. The summed E-state index contributed by atoms with van der Waals surface area (Å²) in [4.78, 5) is 50.4. The molecule has 0 fully saturated rings. The first-order chi connectivity index (χ1) is 18.6. The summed E-state index contributed by atoms with van der Waals surface area (Å²) in [5.41, 5.74) is 2.22. The lowest BCUT2D eigenvalue weighted by molar-refractivity contribution is -0.137. The summed E-state index contributed by atoms with van der Waals surface area (Å²) in [6, 6.07) is 0. The molecule has 0 aromatic heterocycles. The summed E-state index contributed by atoms with van der Waals surface area (Å²) in [6.07, 6.45) is 7.79. The van der Waals surface area contributed by atoms with Crippen molar-refractivity contribution in [3.05, 3.63) is 79.3 Å². The molecular formula is C34H48NO5. The minimum Gasteiger partial charge on any atom is -0.379 e. The van der Waals surface area contributed by atoms with Gasteiger partial charge in [-0.05, 0) is 37.2 Å². The van der Waals surface area contributed by atoms with Gasteiger partial charge in [-0.2, -0.15) is 0 Å². The van der Waals surface area contributed by atoms with Crippen molar-refractivity contribution in [2.24, 2.45) is 22.7 Å². The van der Waals surface area contributed by atoms with Crippen LogP contribution in [0.25, 0.3) is 0 Å². The number of carbonyl (C=O) groups is 4. The molecule has 0 saturated heterocycles. The molecule has 1 N–H and O–H groups in total. The molecule has 6 heteroatoms. The van der Waals surface area contributed by atoms with E-state index >= 15 is 0 Å². The maximum absolute atomic E-state index is 13.4. The third kappa shape index (κ3) is 9.22. The lowest BCUT2D eigenvalue weighted by Gasteiger charge is -2.31. The zero-order chi connectivity index (χ0) is 30.8. The third-order valence-electron chi connectivity index (χ3n) is 7.49. The zero-order valence-corrected chi connectivity index (χ0v) is 25.4. The van der Waals surface area contributed by atoms with Crippen LogP contribution in [0.5, 0.6) is 0 Å². The number of ether oxygens (including phenoxy) is 1. The summed E-state index contributed by atoms with van der Waals surface area (Å²) in [6.45, 7) is 31.5. The topological polar surface area (TPSA) is 89.5 Å². The standard InChI is InChI=1S/C34H48NO5/c1-12-15-26(31(38)25(8)36)23(6)16-18-40-19-17-35-32(39)29(33(9,10)13-2)24(7)30(37)27-20-28(27)34(11,14-3)21-22(4)5/h13-14,20,26,29H,2-4,6-7,12,15-19,21H2,1,5,8-11H3,(H,35,39). The van der Waals surface area contributed by atoms with Crippen LogP contribution in [-0.2, 0) is 23.9 Å². The molecule has 0 saturated carbocycles. The van der Waals surface area contributed by atoms with Crippen LogP contribution in [-0.4, -0.2) is 43.0 Å². The van der Waals surface area contributed by atoms with E-state index in [0.29, 0.717) is 37.0 Å². The van der Waals surface area contributed by atoms with Gasteiger partial charge in [-0.3, -0.25) is 19.2 Å². The Morgan fingerprint density at radius 1 is 1.02 bits per heavy atom. The number of Topliss-reactive ketones (excluding diaryl/α,β-unsaturated/α-hetero) is 3. The molecule has 1 radical (unpaired) electrons. The molecule has 0 aliphatic heterocycles. The minimum absolute atomic E-state index is 0.208. The fourth-order valence-corrected chi connectivity index (χ4v) is 4.92. The fourth-order valence-electron chi connectivity index (χ4n) is 4.92. The van der Waals surface area contributed by atoms with Gasteiger partial charge >= 0.3 is 0 Å². The van der Waals surface area contributed by atoms with E-state index in [4.69, 9.17) is 4.74 Å². The smallest absolute Gasteiger partial charge is 0.228 e. The van der Waals surface area contributed by atoms with Gasteiger partial charge in [0.15, 0.2) is 11.6 Å². The van der Waals surface area contributed by atoms with Gasteiger partial charge in [-0.1, -0.05) is 70.6 Å². The molecule has 0 aromatic rings. The molecule has 1 amide bonds. The highest BCUT2D eigenvalue weighted by atomic mass is 16.5. The van der Waals surface area contributed by atoms with E-state index in [-0.39, 0.29) is 30.4 Å². The molecule has 3 unspecified atom stereocenters. The zero-order valence-electron chi connectivity index (χ0n) is 25.4. The first-order valence-corrected chi connectivity index (χ1v) is 13.9. The second-order valence-corrected chi connectivity index (χ2v) is 11.6. The Bertz CT molecular complexity index is 1110. The van der Waals surface area contributed by atoms with Crippen molar-refractivity contribution >= 4 is 23.3 Å². The van der Waals surface area contributed by atoms with Crippen molar-refractivity contribution in [3.8, 4) is 0 Å². The number of nitrogens with one attached hydrogen (secondary N) is 1. The highest BCUT2D eigenvalue weighted by Gasteiger charge is 2.44. The van der Waals surface area contributed by atoms with Crippen LogP contribution in [0.15, 0.2) is 72.9 Å². The van der Waals surface area contributed by atoms with Crippen LogP contribution >= 0.6 is 0 Å². The van der Waals surface area contributed by atoms with Gasteiger partial charge in [0.1, 0.15) is 0 Å². The lowest BCUT2D eigenvalue weighted by Crippen LogP contribution is -2.42. The van der Waals surface area contributed by atoms with Crippen molar-refractivity contribution in [1.29, 1.82) is 0 Å². The van der Waals surface area contributed by atoms with Crippen molar-refractivity contribution in [1.82, 2.24) is 5.32 Å². The van der Waals surface area contributed by atoms with Crippen LogP contribution < -0.4 is 5.32 Å². The predicted octanol–water partition coefficient (Wildman–Crippen LogP) is 6.27. The summed E-state index contributed by atoms with van der Waals surface area (Å²) < 4.78 is 5.66. The molecule has 0 bridgehead atoms. The molecule has 40 heavy (non-hydrogen) atoms. The predicted molar refractivity (Wildman–Crippen MR) is 162 cm³/mol. The highest BCUT2D eigenvalue weighted by Crippen LogP contribution is 2.50. The van der Waals surface area contributed by atoms with Crippen molar-refractivity contribution < 1.29 is 23.9 Å². The molecule has 1 aliphatic rings. The molecule has 0 spiro atoms. The first-order valence-electron chi connectivity index (χ1n) is 13.9. The SMILES string of the molecule is C=CC(C)(CC(=C)C)C1=C(C(=O)C(=C)C(C(=O)NCCOCCC(=C)C(CCC)C(=O)C(C)=O)C(C)(C)C=C)[CH]1. The average molecular weight is 551 g/mol. The maximum Gasteiger partial charge on any atom is 0.228 e. The Balaban J connectivity index is 2.79. The van der Waals surface area contributed by atoms with Crippen LogP contribution in [0.2, 0.25) is 0 Å². The Kier molecular flexibility index (Phi) is 13.1. The van der Waals surface area contributed by atoms with Gasteiger partial charge in [0, 0.05) is 42.4 Å². The quantitative estimate of drug-likeness (QED) is 0.0788. The Morgan fingerprint density at radius 3 is 2.15 bits per heavy atom. The molecule has 219 valence electrons. The minimum atomic E-state index is -0.816. The van der Waals surface area contributed by atoms with Crippen molar-refractivity contribution in [3.63, 3.8) is 0 Å². The molecule has 3 atom stereocenters. The average Bonchev–Trinajstić information content (AvgIpc) is 3.69. The maximum atomic E-state index is 13.4. The van der Waals surface area contributed by atoms with Crippen LogP contribution in [0.3, 0.4) is 0 Å². The molecular weight excluding hydrogens is 502 g/mol. The van der Waals surface area contributed by atoms with Crippen molar-refractivity contribution in [2.45, 2.75) is 67.2 Å². The van der Waals surface area contributed by atoms with Gasteiger partial charge in [0.2, 0.25) is 11.7 Å². The van der Waals surface area contributed by atoms with Gasteiger partial charge in [-0.25, -0.2) is 0 Å². The number of hydrogen-bond acceptors (Lipinski definition) is 5. The Morgan fingerprint density at radius 2 is 1.65 bits per heavy atom. The number of carbonyl (C=O) groups excluding carboxylic acids is 4. The van der Waals surface area contributed by atoms with E-state index in [9.17, 15) is 19.2 Å². The van der Waals surface area contributed by atoms with Gasteiger partial charge in [-0.15, -0.1) is 19.7 Å². The molecule has 1 rings (SSSR count). The summed E-state index contributed by atoms with van der Waals surface area (Å²) in [5, 5.41) is 2.86. The number of amides is 1. The van der Waals surface area contributed by atoms with Crippen LogP contribution in [0.4, 0.5) is 0 Å². The summed E-state index contributed by atoms with van der Waals surface area (Å²) in [7, 11) is 0. The number of hydrogen-bond donors (Lipinski definition) is 1. The number of ketones is 3. The molecule has 0 heterocycles.